The summed E-state index contributed by atoms with van der Waals surface area (Å²) in [5, 5.41) is 11.5. The molecule has 1 aliphatic rings. The van der Waals surface area contributed by atoms with Crippen LogP contribution in [0.4, 0.5) is 11.5 Å². The van der Waals surface area contributed by atoms with Gasteiger partial charge in [0, 0.05) is 43.9 Å². The molecule has 1 amide bonds. The molecule has 0 aliphatic carbocycles. The van der Waals surface area contributed by atoms with Crippen LogP contribution in [-0.4, -0.2) is 55.0 Å². The predicted octanol–water partition coefficient (Wildman–Crippen LogP) is 3.62. The SMILES string of the molecule is CCC(=O)Nc1ccc(S(=O)(=O)N2CCN(c3ccc(-c4ccc(C)c(C)c4)nn3)CC2)cc1. The minimum Gasteiger partial charge on any atom is -0.352 e. The van der Waals surface area contributed by atoms with E-state index in [1.165, 1.54) is 27.6 Å². The van der Waals surface area contributed by atoms with E-state index >= 15 is 0 Å². The lowest BCUT2D eigenvalue weighted by Gasteiger charge is -2.34. The van der Waals surface area contributed by atoms with Crippen molar-refractivity contribution in [1.29, 1.82) is 0 Å². The second-order valence-corrected chi connectivity index (χ2v) is 10.3. The second kappa shape index (κ2) is 9.90. The van der Waals surface area contributed by atoms with Gasteiger partial charge in [-0.2, -0.15) is 4.31 Å². The van der Waals surface area contributed by atoms with Gasteiger partial charge < -0.3 is 10.2 Å². The Hall–Kier alpha value is -3.30. The Morgan fingerprint density at radius 1 is 0.912 bits per heavy atom. The van der Waals surface area contributed by atoms with Gasteiger partial charge in [-0.25, -0.2) is 8.42 Å². The zero-order chi connectivity index (χ0) is 24.3. The molecular weight excluding hydrogens is 450 g/mol. The summed E-state index contributed by atoms with van der Waals surface area (Å²) in [4.78, 5) is 13.8. The van der Waals surface area contributed by atoms with Crippen molar-refractivity contribution in [3.05, 3.63) is 65.7 Å². The van der Waals surface area contributed by atoms with E-state index in [1.807, 2.05) is 23.1 Å². The Labute approximate surface area is 200 Å². The van der Waals surface area contributed by atoms with Crippen LogP contribution in [0, 0.1) is 13.8 Å². The van der Waals surface area contributed by atoms with Crippen molar-refractivity contribution in [2.45, 2.75) is 32.1 Å². The molecule has 2 heterocycles. The van der Waals surface area contributed by atoms with Gasteiger partial charge in [0.15, 0.2) is 5.82 Å². The molecule has 0 bridgehead atoms. The fourth-order valence-corrected chi connectivity index (χ4v) is 5.24. The highest BCUT2D eigenvalue weighted by Gasteiger charge is 2.29. The largest absolute Gasteiger partial charge is 0.352 e. The Balaban J connectivity index is 1.39. The summed E-state index contributed by atoms with van der Waals surface area (Å²) in [6.07, 6.45) is 0.364. The number of piperazine rings is 1. The number of rotatable bonds is 6. The molecule has 1 aliphatic heterocycles. The number of aryl methyl sites for hydroxylation is 2. The van der Waals surface area contributed by atoms with E-state index in [0.717, 1.165) is 17.1 Å². The van der Waals surface area contributed by atoms with Crippen LogP contribution in [0.15, 0.2) is 59.5 Å². The smallest absolute Gasteiger partial charge is 0.243 e. The van der Waals surface area contributed by atoms with Gasteiger partial charge >= 0.3 is 0 Å². The number of aromatic nitrogens is 2. The Kier molecular flexibility index (Phi) is 6.95. The summed E-state index contributed by atoms with van der Waals surface area (Å²) in [6, 6.07) is 16.4. The fourth-order valence-electron chi connectivity index (χ4n) is 3.81. The molecule has 0 radical (unpaired) electrons. The quantitative estimate of drug-likeness (QED) is 0.580. The van der Waals surface area contributed by atoms with Crippen molar-refractivity contribution >= 4 is 27.4 Å². The van der Waals surface area contributed by atoms with Crippen molar-refractivity contribution < 1.29 is 13.2 Å². The summed E-state index contributed by atoms with van der Waals surface area (Å²) in [5.41, 5.74) is 4.87. The molecule has 4 rings (SSSR count). The lowest BCUT2D eigenvalue weighted by molar-refractivity contribution is -0.115. The minimum atomic E-state index is -3.61. The van der Waals surface area contributed by atoms with Gasteiger partial charge in [-0.1, -0.05) is 19.1 Å². The first-order valence-electron chi connectivity index (χ1n) is 11.3. The molecule has 1 N–H and O–H groups in total. The molecule has 9 heteroatoms. The van der Waals surface area contributed by atoms with E-state index in [-0.39, 0.29) is 10.8 Å². The van der Waals surface area contributed by atoms with Crippen LogP contribution in [0.3, 0.4) is 0 Å². The van der Waals surface area contributed by atoms with E-state index in [9.17, 15) is 13.2 Å². The third-order valence-corrected chi connectivity index (χ3v) is 8.03. The Morgan fingerprint density at radius 3 is 2.21 bits per heavy atom. The highest BCUT2D eigenvalue weighted by molar-refractivity contribution is 7.89. The third kappa shape index (κ3) is 5.10. The molecular formula is C25H29N5O3S. The summed E-state index contributed by atoms with van der Waals surface area (Å²) < 4.78 is 27.6. The number of hydrogen-bond acceptors (Lipinski definition) is 6. The van der Waals surface area contributed by atoms with Gasteiger partial charge in [-0.05, 0) is 67.4 Å². The maximum Gasteiger partial charge on any atom is 0.243 e. The van der Waals surface area contributed by atoms with Crippen molar-refractivity contribution in [1.82, 2.24) is 14.5 Å². The first-order chi connectivity index (χ1) is 16.3. The van der Waals surface area contributed by atoms with Crippen LogP contribution >= 0.6 is 0 Å². The summed E-state index contributed by atoms with van der Waals surface area (Å²) in [5.74, 6) is 0.623. The van der Waals surface area contributed by atoms with Crippen molar-refractivity contribution in [2.24, 2.45) is 0 Å². The average molecular weight is 480 g/mol. The van der Waals surface area contributed by atoms with E-state index in [2.05, 4.69) is 41.5 Å². The Morgan fingerprint density at radius 2 is 1.62 bits per heavy atom. The minimum absolute atomic E-state index is 0.114. The molecule has 34 heavy (non-hydrogen) atoms. The molecule has 1 saturated heterocycles. The summed E-state index contributed by atoms with van der Waals surface area (Å²) in [7, 11) is -3.61. The zero-order valence-electron chi connectivity index (χ0n) is 19.7. The van der Waals surface area contributed by atoms with E-state index < -0.39 is 10.0 Å². The lowest BCUT2D eigenvalue weighted by Crippen LogP contribution is -2.49. The first kappa shape index (κ1) is 23.8. The molecule has 0 spiro atoms. The number of carbonyl (C=O) groups is 1. The van der Waals surface area contributed by atoms with Crippen LogP contribution in [0.5, 0.6) is 0 Å². The zero-order valence-corrected chi connectivity index (χ0v) is 20.5. The third-order valence-electron chi connectivity index (χ3n) is 6.11. The normalized spacial score (nSPS) is 14.7. The van der Waals surface area contributed by atoms with Crippen LogP contribution < -0.4 is 10.2 Å². The number of benzene rings is 2. The van der Waals surface area contributed by atoms with Crippen LogP contribution in [-0.2, 0) is 14.8 Å². The van der Waals surface area contributed by atoms with E-state index in [0.29, 0.717) is 38.3 Å². The number of hydrogen-bond donors (Lipinski definition) is 1. The standard InChI is InChI=1S/C25H29N5O3S/c1-4-25(31)26-21-7-9-22(10-8-21)34(32,33)30-15-13-29(14-16-30)24-12-11-23(27-28-24)20-6-5-18(2)19(3)17-20/h5-12,17H,4,13-16H2,1-3H3,(H,26,31). The van der Waals surface area contributed by atoms with Crippen LogP contribution in [0.2, 0.25) is 0 Å². The molecule has 0 atom stereocenters. The molecule has 1 fully saturated rings. The van der Waals surface area contributed by atoms with Crippen LogP contribution in [0.1, 0.15) is 24.5 Å². The van der Waals surface area contributed by atoms with Crippen molar-refractivity contribution in [2.75, 3.05) is 36.4 Å². The van der Waals surface area contributed by atoms with Gasteiger partial charge in [0.25, 0.3) is 0 Å². The maximum atomic E-state index is 13.1. The molecule has 0 saturated carbocycles. The van der Waals surface area contributed by atoms with Gasteiger partial charge in [0.1, 0.15) is 0 Å². The van der Waals surface area contributed by atoms with Gasteiger partial charge in [-0.3, -0.25) is 4.79 Å². The number of nitrogens with zero attached hydrogens (tertiary/aromatic N) is 4. The highest BCUT2D eigenvalue weighted by Crippen LogP contribution is 2.24. The molecule has 3 aromatic rings. The Bertz CT molecular complexity index is 1270. The molecule has 178 valence electrons. The second-order valence-electron chi connectivity index (χ2n) is 8.39. The number of carbonyl (C=O) groups excluding carboxylic acids is 1. The first-order valence-corrected chi connectivity index (χ1v) is 12.8. The molecule has 1 aromatic heterocycles. The summed E-state index contributed by atoms with van der Waals surface area (Å²) in [6.45, 7) is 7.69. The summed E-state index contributed by atoms with van der Waals surface area (Å²) >= 11 is 0. The number of sulfonamides is 1. The van der Waals surface area contributed by atoms with E-state index in [1.54, 1.807) is 19.1 Å². The lowest BCUT2D eigenvalue weighted by atomic mass is 10.0. The molecule has 8 nitrogen and oxygen atoms in total. The fraction of sp³-hybridized carbons (Fsp3) is 0.320. The van der Waals surface area contributed by atoms with Crippen molar-refractivity contribution in [3.63, 3.8) is 0 Å². The van der Waals surface area contributed by atoms with Gasteiger partial charge in [0.2, 0.25) is 15.9 Å². The number of amides is 1. The van der Waals surface area contributed by atoms with Gasteiger partial charge in [-0.15, -0.1) is 10.2 Å². The van der Waals surface area contributed by atoms with Gasteiger partial charge in [0.05, 0.1) is 10.6 Å². The van der Waals surface area contributed by atoms with Crippen molar-refractivity contribution in [3.8, 4) is 11.3 Å². The average Bonchev–Trinajstić information content (AvgIpc) is 2.86. The predicted molar refractivity (Wildman–Crippen MR) is 133 cm³/mol. The monoisotopic (exact) mass is 479 g/mol. The highest BCUT2D eigenvalue weighted by atomic mass is 32.2. The maximum absolute atomic E-state index is 13.1. The topological polar surface area (TPSA) is 95.5 Å². The molecule has 0 unspecified atom stereocenters. The number of nitrogens with one attached hydrogen (secondary N) is 1. The molecule has 2 aromatic carbocycles. The van der Waals surface area contributed by atoms with Crippen LogP contribution in [0.25, 0.3) is 11.3 Å². The van der Waals surface area contributed by atoms with E-state index in [4.69, 9.17) is 0 Å². The number of anilines is 2.